The highest BCUT2D eigenvalue weighted by atomic mass is 35.5. The predicted molar refractivity (Wildman–Crippen MR) is 96.8 cm³/mol. The van der Waals surface area contributed by atoms with E-state index in [2.05, 4.69) is 10.4 Å². The number of benzene rings is 2. The predicted octanol–water partition coefficient (Wildman–Crippen LogP) is 4.32. The second-order valence-electron chi connectivity index (χ2n) is 5.61. The molecule has 1 amide bonds. The van der Waals surface area contributed by atoms with Crippen LogP contribution in [0.2, 0.25) is 5.02 Å². The summed E-state index contributed by atoms with van der Waals surface area (Å²) in [7, 11) is 0. The number of hydrogen-bond acceptors (Lipinski definition) is 2. The van der Waals surface area contributed by atoms with Crippen LogP contribution in [0, 0.1) is 13.8 Å². The smallest absolute Gasteiger partial charge is 0.228 e. The standard InChI is InChI=1S/C19H18ClN3O/c1-13-19(14(2)23(22-13)16-9-4-3-5-10-16)21-18(24)12-15-8-6-7-11-17(15)20/h3-11H,12H2,1-2H3,(H,21,24). The number of hydrogen-bond donors (Lipinski definition) is 1. The Kier molecular flexibility index (Phi) is 4.67. The molecular weight excluding hydrogens is 322 g/mol. The SMILES string of the molecule is Cc1nn(-c2ccccc2)c(C)c1NC(=O)Cc1ccccc1Cl. The number of halogens is 1. The number of nitrogens with one attached hydrogen (secondary N) is 1. The van der Waals surface area contributed by atoms with E-state index < -0.39 is 0 Å². The van der Waals surface area contributed by atoms with Crippen molar-refractivity contribution >= 4 is 23.2 Å². The molecule has 2 aromatic carbocycles. The molecule has 3 aromatic rings. The van der Waals surface area contributed by atoms with Crippen LogP contribution >= 0.6 is 11.6 Å². The van der Waals surface area contributed by atoms with Gasteiger partial charge in [-0.25, -0.2) is 4.68 Å². The van der Waals surface area contributed by atoms with E-state index in [1.54, 1.807) is 6.07 Å². The Balaban J connectivity index is 1.82. The molecule has 0 spiro atoms. The lowest BCUT2D eigenvalue weighted by Gasteiger charge is -2.08. The second-order valence-corrected chi connectivity index (χ2v) is 6.02. The molecule has 24 heavy (non-hydrogen) atoms. The fourth-order valence-electron chi connectivity index (χ4n) is 2.64. The van der Waals surface area contributed by atoms with E-state index in [-0.39, 0.29) is 12.3 Å². The Hall–Kier alpha value is -2.59. The number of amides is 1. The number of aromatic nitrogens is 2. The number of para-hydroxylation sites is 1. The molecule has 0 aliphatic carbocycles. The minimum absolute atomic E-state index is 0.109. The molecule has 1 N–H and O–H groups in total. The Morgan fingerprint density at radius 3 is 2.46 bits per heavy atom. The van der Waals surface area contributed by atoms with Crippen molar-refractivity contribution in [2.45, 2.75) is 20.3 Å². The van der Waals surface area contributed by atoms with Gasteiger partial charge in [0.1, 0.15) is 0 Å². The molecule has 0 saturated heterocycles. The summed E-state index contributed by atoms with van der Waals surface area (Å²) < 4.78 is 1.83. The highest BCUT2D eigenvalue weighted by Gasteiger charge is 2.16. The van der Waals surface area contributed by atoms with Gasteiger partial charge in [-0.05, 0) is 37.6 Å². The lowest BCUT2D eigenvalue weighted by Crippen LogP contribution is -2.15. The molecule has 0 saturated carbocycles. The van der Waals surface area contributed by atoms with Gasteiger partial charge in [0.05, 0.1) is 29.2 Å². The molecule has 3 rings (SSSR count). The van der Waals surface area contributed by atoms with Gasteiger partial charge in [-0.2, -0.15) is 5.10 Å². The van der Waals surface area contributed by atoms with E-state index in [4.69, 9.17) is 11.6 Å². The first kappa shape index (κ1) is 16.3. The first-order valence-corrected chi connectivity index (χ1v) is 8.09. The van der Waals surface area contributed by atoms with Crippen molar-refractivity contribution in [2.75, 3.05) is 5.32 Å². The minimum Gasteiger partial charge on any atom is -0.323 e. The second kappa shape index (κ2) is 6.89. The van der Waals surface area contributed by atoms with Crippen LogP contribution in [0.1, 0.15) is 17.0 Å². The maximum absolute atomic E-state index is 12.4. The van der Waals surface area contributed by atoms with Gasteiger partial charge in [-0.15, -0.1) is 0 Å². The van der Waals surface area contributed by atoms with Crippen molar-refractivity contribution in [1.82, 2.24) is 9.78 Å². The van der Waals surface area contributed by atoms with Crippen molar-refractivity contribution in [3.05, 3.63) is 76.6 Å². The Morgan fingerprint density at radius 1 is 1.08 bits per heavy atom. The number of nitrogens with zero attached hydrogens (tertiary/aromatic N) is 2. The molecule has 4 nitrogen and oxygen atoms in total. The summed E-state index contributed by atoms with van der Waals surface area (Å²) in [6.07, 6.45) is 0.231. The van der Waals surface area contributed by atoms with E-state index >= 15 is 0 Å². The van der Waals surface area contributed by atoms with E-state index in [1.807, 2.05) is 67.1 Å². The Labute approximate surface area is 146 Å². The summed E-state index contributed by atoms with van der Waals surface area (Å²) in [6, 6.07) is 17.2. The molecule has 5 heteroatoms. The van der Waals surface area contributed by atoms with Crippen LogP contribution in [0.4, 0.5) is 5.69 Å². The number of anilines is 1. The lowest BCUT2D eigenvalue weighted by molar-refractivity contribution is -0.115. The summed E-state index contributed by atoms with van der Waals surface area (Å²) in [6.45, 7) is 3.83. The fraction of sp³-hybridized carbons (Fsp3) is 0.158. The molecule has 1 heterocycles. The molecule has 122 valence electrons. The summed E-state index contributed by atoms with van der Waals surface area (Å²) in [5.74, 6) is -0.109. The molecule has 0 aliphatic rings. The zero-order chi connectivity index (χ0) is 17.1. The maximum Gasteiger partial charge on any atom is 0.228 e. The van der Waals surface area contributed by atoms with Crippen molar-refractivity contribution in [3.63, 3.8) is 0 Å². The molecule has 0 bridgehead atoms. The van der Waals surface area contributed by atoms with Crippen LogP contribution < -0.4 is 5.32 Å². The number of aryl methyl sites for hydroxylation is 1. The van der Waals surface area contributed by atoms with Gasteiger partial charge in [0.25, 0.3) is 0 Å². The van der Waals surface area contributed by atoms with E-state index in [1.165, 1.54) is 0 Å². The molecule has 0 radical (unpaired) electrons. The van der Waals surface area contributed by atoms with Gasteiger partial charge < -0.3 is 5.32 Å². The molecule has 1 aromatic heterocycles. The highest BCUT2D eigenvalue weighted by molar-refractivity contribution is 6.31. The molecule has 0 atom stereocenters. The zero-order valence-corrected chi connectivity index (χ0v) is 14.3. The van der Waals surface area contributed by atoms with Gasteiger partial charge in [0.15, 0.2) is 0 Å². The van der Waals surface area contributed by atoms with Crippen molar-refractivity contribution in [2.24, 2.45) is 0 Å². The average molecular weight is 340 g/mol. The van der Waals surface area contributed by atoms with E-state index in [0.717, 1.165) is 28.3 Å². The maximum atomic E-state index is 12.4. The fourth-order valence-corrected chi connectivity index (χ4v) is 2.85. The average Bonchev–Trinajstić information content (AvgIpc) is 2.86. The number of rotatable bonds is 4. The molecule has 0 aliphatic heterocycles. The van der Waals surface area contributed by atoms with Crippen LogP contribution in [0.15, 0.2) is 54.6 Å². The Morgan fingerprint density at radius 2 is 1.75 bits per heavy atom. The van der Waals surface area contributed by atoms with Crippen LogP contribution in [-0.4, -0.2) is 15.7 Å². The third kappa shape index (κ3) is 3.34. The first-order chi connectivity index (χ1) is 11.6. The minimum atomic E-state index is -0.109. The third-order valence-corrected chi connectivity index (χ3v) is 4.23. The van der Waals surface area contributed by atoms with Crippen molar-refractivity contribution in [3.8, 4) is 5.69 Å². The number of carbonyl (C=O) groups excluding carboxylic acids is 1. The highest BCUT2D eigenvalue weighted by Crippen LogP contribution is 2.23. The first-order valence-electron chi connectivity index (χ1n) is 7.71. The van der Waals surface area contributed by atoms with Crippen LogP contribution in [-0.2, 0) is 11.2 Å². The van der Waals surface area contributed by atoms with Gasteiger partial charge in [-0.1, -0.05) is 48.0 Å². The summed E-state index contributed by atoms with van der Waals surface area (Å²) in [5, 5.41) is 8.10. The monoisotopic (exact) mass is 339 g/mol. The summed E-state index contributed by atoms with van der Waals surface area (Å²) in [5.41, 5.74) is 4.19. The Bertz CT molecular complexity index is 872. The van der Waals surface area contributed by atoms with Crippen LogP contribution in [0.3, 0.4) is 0 Å². The van der Waals surface area contributed by atoms with Crippen LogP contribution in [0.25, 0.3) is 5.69 Å². The molecular formula is C19H18ClN3O. The third-order valence-electron chi connectivity index (χ3n) is 3.87. The van der Waals surface area contributed by atoms with Gasteiger partial charge in [-0.3, -0.25) is 4.79 Å². The molecule has 0 unspecified atom stereocenters. The van der Waals surface area contributed by atoms with Gasteiger partial charge in [0.2, 0.25) is 5.91 Å². The lowest BCUT2D eigenvalue weighted by atomic mass is 10.1. The summed E-state index contributed by atoms with van der Waals surface area (Å²) >= 11 is 6.12. The largest absolute Gasteiger partial charge is 0.323 e. The summed E-state index contributed by atoms with van der Waals surface area (Å²) in [4.78, 5) is 12.4. The normalized spacial score (nSPS) is 10.6. The topological polar surface area (TPSA) is 46.9 Å². The van der Waals surface area contributed by atoms with Gasteiger partial charge in [0, 0.05) is 5.02 Å². The van der Waals surface area contributed by atoms with Crippen molar-refractivity contribution in [1.29, 1.82) is 0 Å². The number of carbonyl (C=O) groups is 1. The van der Waals surface area contributed by atoms with E-state index in [9.17, 15) is 4.79 Å². The van der Waals surface area contributed by atoms with Crippen LogP contribution in [0.5, 0.6) is 0 Å². The molecule has 0 fully saturated rings. The van der Waals surface area contributed by atoms with Crippen molar-refractivity contribution < 1.29 is 4.79 Å². The van der Waals surface area contributed by atoms with Gasteiger partial charge >= 0.3 is 0 Å². The van der Waals surface area contributed by atoms with E-state index in [0.29, 0.717) is 5.02 Å². The zero-order valence-electron chi connectivity index (χ0n) is 13.6. The quantitative estimate of drug-likeness (QED) is 0.769.